The predicted octanol–water partition coefficient (Wildman–Crippen LogP) is 8.98. The van der Waals surface area contributed by atoms with Crippen molar-refractivity contribution in [1.82, 2.24) is 0 Å². The summed E-state index contributed by atoms with van der Waals surface area (Å²) in [5, 5.41) is 3.34. The molecule has 3 aliphatic rings. The molecule has 1 spiro atoms. The SMILES string of the molecule is CC(C)(C)OC(=O)c1ccc2c(c1)N(C[C@@H]1CC[C@H]1CO[Si](c1ccccc1)(c1ccccc1)C(C)(C)C)C[C@@]1(CCc3cc(Cl)ccc31)CO2. The number of fused-ring (bicyclic) bond motifs is 3. The standard InChI is InChI=1S/C44H52ClNO4Si/c1-42(2,3)50-41(47)32-19-22-40-39(26-32)46(29-44(30-48-40)24-23-31-25-35(45)20-21-38(31)44)27-33-17-18-34(33)28-49-51(43(4,5)6,36-13-9-7-10-14-36)37-15-11-8-12-16-37/h7-16,19-22,25-26,33-34H,17-18,23-24,27-30H2,1-6H3/t33-,34-,44-/m0/s1. The summed E-state index contributed by atoms with van der Waals surface area (Å²) in [6.45, 7) is 15.7. The molecule has 0 bridgehead atoms. The van der Waals surface area contributed by atoms with Crippen molar-refractivity contribution < 1.29 is 18.7 Å². The molecule has 268 valence electrons. The number of nitrogens with zero attached hydrogens (tertiary/aromatic N) is 1. The predicted molar refractivity (Wildman–Crippen MR) is 211 cm³/mol. The Morgan fingerprint density at radius 3 is 2.16 bits per heavy atom. The molecule has 1 fully saturated rings. The first-order valence-electron chi connectivity index (χ1n) is 18.6. The monoisotopic (exact) mass is 721 g/mol. The van der Waals surface area contributed by atoms with E-state index >= 15 is 0 Å². The molecule has 4 aromatic carbocycles. The van der Waals surface area contributed by atoms with E-state index in [2.05, 4.69) is 98.5 Å². The summed E-state index contributed by atoms with van der Waals surface area (Å²) in [6.07, 6.45) is 4.26. The number of carbonyl (C=O) groups is 1. The number of ether oxygens (including phenoxy) is 2. The third kappa shape index (κ3) is 7.00. The smallest absolute Gasteiger partial charge is 0.338 e. The van der Waals surface area contributed by atoms with Gasteiger partial charge in [-0.05, 0) is 115 Å². The molecule has 51 heavy (non-hydrogen) atoms. The summed E-state index contributed by atoms with van der Waals surface area (Å²) in [6, 6.07) is 34.0. The van der Waals surface area contributed by atoms with E-state index < -0.39 is 13.9 Å². The average Bonchev–Trinajstić information content (AvgIpc) is 3.34. The first-order valence-corrected chi connectivity index (χ1v) is 20.9. The Hall–Kier alpha value is -3.58. The Kier molecular flexibility index (Phi) is 9.66. The fraction of sp³-hybridized carbons (Fsp3) is 0.432. The van der Waals surface area contributed by atoms with Crippen LogP contribution in [0.3, 0.4) is 0 Å². The van der Waals surface area contributed by atoms with Crippen LogP contribution >= 0.6 is 11.6 Å². The van der Waals surface area contributed by atoms with Crippen LogP contribution in [0.1, 0.15) is 82.3 Å². The number of benzene rings is 4. The number of rotatable bonds is 8. The zero-order chi connectivity index (χ0) is 36.0. The second-order valence-electron chi connectivity index (χ2n) is 17.0. The van der Waals surface area contributed by atoms with Crippen LogP contribution in [0, 0.1) is 11.8 Å². The van der Waals surface area contributed by atoms with Crippen molar-refractivity contribution in [2.45, 2.75) is 83.3 Å². The van der Waals surface area contributed by atoms with E-state index in [9.17, 15) is 4.79 Å². The number of halogens is 1. The fourth-order valence-electron chi connectivity index (χ4n) is 8.71. The molecule has 7 heteroatoms. The van der Waals surface area contributed by atoms with Crippen LogP contribution in [-0.2, 0) is 21.0 Å². The van der Waals surface area contributed by atoms with E-state index in [0.29, 0.717) is 24.0 Å². The van der Waals surface area contributed by atoms with Gasteiger partial charge in [0.25, 0.3) is 8.32 Å². The van der Waals surface area contributed by atoms with Gasteiger partial charge in [-0.3, -0.25) is 0 Å². The topological polar surface area (TPSA) is 48.0 Å². The zero-order valence-electron chi connectivity index (χ0n) is 31.0. The quantitative estimate of drug-likeness (QED) is 0.134. The molecule has 4 aromatic rings. The summed E-state index contributed by atoms with van der Waals surface area (Å²) in [7, 11) is -2.65. The van der Waals surface area contributed by atoms with Crippen LogP contribution in [0.5, 0.6) is 5.75 Å². The summed E-state index contributed by atoms with van der Waals surface area (Å²) < 4.78 is 19.9. The number of hydrogen-bond acceptors (Lipinski definition) is 5. The molecular formula is C44H52ClNO4Si. The maximum atomic E-state index is 13.3. The van der Waals surface area contributed by atoms with Crippen molar-refractivity contribution >= 4 is 41.9 Å². The van der Waals surface area contributed by atoms with Gasteiger partial charge >= 0.3 is 5.97 Å². The minimum Gasteiger partial charge on any atom is -0.490 e. The molecule has 1 heterocycles. The van der Waals surface area contributed by atoms with Crippen molar-refractivity contribution in [3.05, 3.63) is 119 Å². The van der Waals surface area contributed by atoms with Crippen LogP contribution in [0.15, 0.2) is 97.1 Å². The highest BCUT2D eigenvalue weighted by Gasteiger charge is 2.51. The minimum absolute atomic E-state index is 0.0702. The average molecular weight is 722 g/mol. The molecule has 0 saturated heterocycles. The molecule has 7 rings (SSSR count). The molecule has 1 aliphatic heterocycles. The highest BCUT2D eigenvalue weighted by atomic mass is 35.5. The summed E-state index contributed by atoms with van der Waals surface area (Å²) in [4.78, 5) is 15.8. The van der Waals surface area contributed by atoms with Crippen LogP contribution in [0.25, 0.3) is 0 Å². The first-order chi connectivity index (χ1) is 24.3. The number of hydrogen-bond donors (Lipinski definition) is 0. The van der Waals surface area contributed by atoms with E-state index in [1.165, 1.54) is 21.5 Å². The van der Waals surface area contributed by atoms with Gasteiger partial charge in [0.2, 0.25) is 0 Å². The third-order valence-electron chi connectivity index (χ3n) is 11.4. The van der Waals surface area contributed by atoms with Crippen LogP contribution in [-0.4, -0.2) is 46.2 Å². The number of carbonyl (C=O) groups excluding carboxylic acids is 1. The Morgan fingerprint density at radius 2 is 1.55 bits per heavy atom. The summed E-state index contributed by atoms with van der Waals surface area (Å²) >= 11 is 6.46. The Bertz CT molecular complexity index is 1830. The van der Waals surface area contributed by atoms with Crippen molar-refractivity contribution in [3.8, 4) is 5.75 Å². The maximum absolute atomic E-state index is 13.3. The zero-order valence-corrected chi connectivity index (χ0v) is 32.8. The third-order valence-corrected chi connectivity index (χ3v) is 16.6. The Labute approximate surface area is 310 Å². The van der Waals surface area contributed by atoms with E-state index in [1.54, 1.807) is 0 Å². The van der Waals surface area contributed by atoms with Gasteiger partial charge in [-0.1, -0.05) is 99.1 Å². The van der Waals surface area contributed by atoms with Gasteiger partial charge in [0.15, 0.2) is 0 Å². The lowest BCUT2D eigenvalue weighted by Gasteiger charge is -2.47. The number of anilines is 1. The van der Waals surface area contributed by atoms with Crippen molar-refractivity contribution in [2.75, 3.05) is 31.2 Å². The molecular weight excluding hydrogens is 670 g/mol. The van der Waals surface area contributed by atoms with E-state index in [0.717, 1.165) is 61.8 Å². The molecule has 5 nitrogen and oxygen atoms in total. The number of aryl methyl sites for hydroxylation is 1. The van der Waals surface area contributed by atoms with Gasteiger partial charge in [-0.15, -0.1) is 0 Å². The van der Waals surface area contributed by atoms with E-state index in [4.69, 9.17) is 25.5 Å². The van der Waals surface area contributed by atoms with Gasteiger partial charge in [0, 0.05) is 30.1 Å². The second kappa shape index (κ2) is 13.8. The fourth-order valence-corrected chi connectivity index (χ4v) is 13.5. The molecule has 2 aliphatic carbocycles. The van der Waals surface area contributed by atoms with Crippen molar-refractivity contribution in [1.29, 1.82) is 0 Å². The molecule has 0 N–H and O–H groups in total. The van der Waals surface area contributed by atoms with E-state index in [-0.39, 0.29) is 16.4 Å². The first kappa shape index (κ1) is 35.8. The normalized spacial score (nSPS) is 21.7. The molecule has 0 amide bonds. The van der Waals surface area contributed by atoms with Gasteiger partial charge in [-0.25, -0.2) is 4.79 Å². The molecule has 0 radical (unpaired) electrons. The van der Waals surface area contributed by atoms with Crippen LogP contribution < -0.4 is 20.0 Å². The molecule has 0 unspecified atom stereocenters. The van der Waals surface area contributed by atoms with Crippen LogP contribution in [0.2, 0.25) is 10.1 Å². The van der Waals surface area contributed by atoms with E-state index in [1.807, 2.05) is 45.0 Å². The number of esters is 1. The lowest BCUT2D eigenvalue weighted by Crippen LogP contribution is -2.67. The maximum Gasteiger partial charge on any atom is 0.338 e. The molecule has 3 atom stereocenters. The highest BCUT2D eigenvalue weighted by molar-refractivity contribution is 6.99. The van der Waals surface area contributed by atoms with Gasteiger partial charge in [0.1, 0.15) is 11.4 Å². The van der Waals surface area contributed by atoms with Crippen molar-refractivity contribution in [3.63, 3.8) is 0 Å². The lowest BCUT2D eigenvalue weighted by atomic mass is 9.73. The van der Waals surface area contributed by atoms with Gasteiger partial charge < -0.3 is 18.8 Å². The summed E-state index contributed by atoms with van der Waals surface area (Å²) in [5.74, 6) is 1.38. The minimum atomic E-state index is -2.65. The van der Waals surface area contributed by atoms with Gasteiger partial charge in [-0.2, -0.15) is 0 Å². The highest BCUT2D eigenvalue weighted by Crippen LogP contribution is 2.47. The molecule has 0 aromatic heterocycles. The van der Waals surface area contributed by atoms with Crippen LogP contribution in [0.4, 0.5) is 5.69 Å². The van der Waals surface area contributed by atoms with Gasteiger partial charge in [0.05, 0.1) is 17.9 Å². The largest absolute Gasteiger partial charge is 0.490 e. The Morgan fingerprint density at radius 1 is 0.882 bits per heavy atom. The summed E-state index contributed by atoms with van der Waals surface area (Å²) in [5.41, 5.74) is 3.41. The lowest BCUT2D eigenvalue weighted by molar-refractivity contribution is 0.00695. The molecule has 1 saturated carbocycles. The Balaban J connectivity index is 1.20. The van der Waals surface area contributed by atoms with Crippen molar-refractivity contribution in [2.24, 2.45) is 11.8 Å². The second-order valence-corrected chi connectivity index (χ2v) is 21.7.